The molecular weight excluding hydrogens is 358 g/mol. The maximum atomic E-state index is 12.7. The molecule has 140 valence electrons. The van der Waals surface area contributed by atoms with Gasteiger partial charge in [0.25, 0.3) is 0 Å². The third kappa shape index (κ3) is 3.78. The van der Waals surface area contributed by atoms with E-state index in [9.17, 15) is 4.79 Å². The largest absolute Gasteiger partial charge is 0.368 e. The average Bonchev–Trinajstić information content (AvgIpc) is 3.10. The summed E-state index contributed by atoms with van der Waals surface area (Å²) in [5.74, 6) is 0.613. The van der Waals surface area contributed by atoms with E-state index >= 15 is 0 Å². The summed E-state index contributed by atoms with van der Waals surface area (Å²) in [7, 11) is 0. The van der Waals surface area contributed by atoms with Gasteiger partial charge in [0.2, 0.25) is 5.91 Å². The highest BCUT2D eigenvalue weighted by molar-refractivity contribution is 7.99. The standard InChI is InChI=1S/C20H23N5OS/c1-2-25-18-6-4-3-5-17(18)22-20(25)27-15-19(26)24-13-11-23(12-14-24)16-7-9-21-10-8-16/h3-10H,2,11-15H2,1H3. The topological polar surface area (TPSA) is 54.3 Å². The van der Waals surface area contributed by atoms with E-state index in [1.54, 1.807) is 0 Å². The van der Waals surface area contributed by atoms with Gasteiger partial charge in [0, 0.05) is 50.8 Å². The molecule has 3 aromatic rings. The second-order valence-corrected chi connectivity index (χ2v) is 7.43. The van der Waals surface area contributed by atoms with Crippen molar-refractivity contribution in [2.45, 2.75) is 18.6 Å². The monoisotopic (exact) mass is 381 g/mol. The normalized spacial score (nSPS) is 14.7. The quantitative estimate of drug-likeness (QED) is 0.636. The summed E-state index contributed by atoms with van der Waals surface area (Å²) in [6.45, 7) is 6.18. The zero-order chi connectivity index (χ0) is 18.6. The number of anilines is 1. The van der Waals surface area contributed by atoms with Crippen LogP contribution in [0.3, 0.4) is 0 Å². The van der Waals surface area contributed by atoms with Gasteiger partial charge in [0.05, 0.1) is 16.8 Å². The van der Waals surface area contributed by atoms with Crippen LogP contribution in [0.2, 0.25) is 0 Å². The molecule has 27 heavy (non-hydrogen) atoms. The van der Waals surface area contributed by atoms with Crippen molar-refractivity contribution in [1.29, 1.82) is 0 Å². The fourth-order valence-corrected chi connectivity index (χ4v) is 4.44. The van der Waals surface area contributed by atoms with Crippen molar-refractivity contribution in [1.82, 2.24) is 19.4 Å². The Hall–Kier alpha value is -2.54. The van der Waals surface area contributed by atoms with Crippen LogP contribution in [0.1, 0.15) is 6.92 Å². The van der Waals surface area contributed by atoms with Crippen LogP contribution < -0.4 is 4.90 Å². The number of fused-ring (bicyclic) bond motifs is 1. The van der Waals surface area contributed by atoms with Crippen LogP contribution in [0.5, 0.6) is 0 Å². The third-order valence-corrected chi connectivity index (χ3v) is 5.88. The number of amides is 1. The number of rotatable bonds is 5. The van der Waals surface area contributed by atoms with E-state index < -0.39 is 0 Å². The lowest BCUT2D eigenvalue weighted by molar-refractivity contribution is -0.128. The first-order chi connectivity index (χ1) is 13.3. The Kier molecular flexibility index (Phi) is 5.29. The molecule has 0 bridgehead atoms. The number of thioether (sulfide) groups is 1. The van der Waals surface area contributed by atoms with Crippen LogP contribution in [0.15, 0.2) is 53.9 Å². The predicted molar refractivity (Wildman–Crippen MR) is 109 cm³/mol. The van der Waals surface area contributed by atoms with E-state index in [-0.39, 0.29) is 5.91 Å². The van der Waals surface area contributed by atoms with Crippen molar-refractivity contribution in [3.63, 3.8) is 0 Å². The SMILES string of the molecule is CCn1c(SCC(=O)N2CCN(c3ccncc3)CC2)nc2ccccc21. The van der Waals surface area contributed by atoms with Crippen LogP contribution in [-0.2, 0) is 11.3 Å². The lowest BCUT2D eigenvalue weighted by Crippen LogP contribution is -2.49. The Morgan fingerprint density at radius 2 is 1.81 bits per heavy atom. The highest BCUT2D eigenvalue weighted by Gasteiger charge is 2.22. The molecule has 0 radical (unpaired) electrons. The molecule has 0 saturated carbocycles. The minimum Gasteiger partial charge on any atom is -0.368 e. The summed E-state index contributed by atoms with van der Waals surface area (Å²) >= 11 is 1.54. The molecule has 0 spiro atoms. The highest BCUT2D eigenvalue weighted by Crippen LogP contribution is 2.24. The summed E-state index contributed by atoms with van der Waals surface area (Å²) in [6.07, 6.45) is 3.62. The lowest BCUT2D eigenvalue weighted by Gasteiger charge is -2.36. The highest BCUT2D eigenvalue weighted by atomic mass is 32.2. The van der Waals surface area contributed by atoms with Crippen LogP contribution in [0.4, 0.5) is 5.69 Å². The van der Waals surface area contributed by atoms with Crippen molar-refractivity contribution < 1.29 is 4.79 Å². The molecule has 4 rings (SSSR count). The molecule has 7 heteroatoms. The molecule has 1 aliphatic heterocycles. The number of aryl methyl sites for hydroxylation is 1. The van der Waals surface area contributed by atoms with Crippen molar-refractivity contribution in [3.8, 4) is 0 Å². The van der Waals surface area contributed by atoms with Crippen molar-refractivity contribution in [2.75, 3.05) is 36.8 Å². The summed E-state index contributed by atoms with van der Waals surface area (Å²) in [6, 6.07) is 12.2. The number of imidazole rings is 1. The fourth-order valence-electron chi connectivity index (χ4n) is 3.46. The van der Waals surface area contributed by atoms with Crippen molar-refractivity contribution >= 4 is 34.4 Å². The summed E-state index contributed by atoms with van der Waals surface area (Å²) < 4.78 is 2.18. The Bertz CT molecular complexity index is 919. The fraction of sp³-hybridized carbons (Fsp3) is 0.350. The molecular formula is C20H23N5OS. The van der Waals surface area contributed by atoms with Gasteiger partial charge in [-0.2, -0.15) is 0 Å². The molecule has 1 saturated heterocycles. The Balaban J connectivity index is 1.35. The van der Waals surface area contributed by atoms with Gasteiger partial charge in [-0.15, -0.1) is 0 Å². The Morgan fingerprint density at radius 3 is 2.56 bits per heavy atom. The molecule has 0 aliphatic carbocycles. The van der Waals surface area contributed by atoms with Gasteiger partial charge in [0.15, 0.2) is 5.16 Å². The molecule has 6 nitrogen and oxygen atoms in total. The Morgan fingerprint density at radius 1 is 1.07 bits per heavy atom. The smallest absolute Gasteiger partial charge is 0.233 e. The first kappa shape index (κ1) is 17.9. The number of hydrogen-bond donors (Lipinski definition) is 0. The number of hydrogen-bond acceptors (Lipinski definition) is 5. The number of aromatic nitrogens is 3. The summed E-state index contributed by atoms with van der Waals surface area (Å²) in [5.41, 5.74) is 3.28. The molecule has 1 aliphatic rings. The van der Waals surface area contributed by atoms with E-state index in [0.29, 0.717) is 5.75 Å². The first-order valence-corrected chi connectivity index (χ1v) is 10.3. The second-order valence-electron chi connectivity index (χ2n) is 6.49. The average molecular weight is 382 g/mol. The Labute approximate surface area is 163 Å². The second kappa shape index (κ2) is 8.00. The van der Waals surface area contributed by atoms with Gasteiger partial charge in [-0.05, 0) is 31.2 Å². The van der Waals surface area contributed by atoms with Crippen molar-refractivity contribution in [3.05, 3.63) is 48.8 Å². The van der Waals surface area contributed by atoms with Crippen molar-refractivity contribution in [2.24, 2.45) is 0 Å². The van der Waals surface area contributed by atoms with Gasteiger partial charge in [-0.3, -0.25) is 9.78 Å². The third-order valence-electron chi connectivity index (χ3n) is 4.92. The first-order valence-electron chi connectivity index (χ1n) is 9.27. The van der Waals surface area contributed by atoms with Crippen LogP contribution in [0, 0.1) is 0 Å². The van der Waals surface area contributed by atoms with Gasteiger partial charge < -0.3 is 14.4 Å². The zero-order valence-electron chi connectivity index (χ0n) is 15.4. The molecule has 0 unspecified atom stereocenters. The van der Waals surface area contributed by atoms with Crippen LogP contribution in [0.25, 0.3) is 11.0 Å². The van der Waals surface area contributed by atoms with Gasteiger partial charge in [-0.1, -0.05) is 23.9 Å². The van der Waals surface area contributed by atoms with Crippen LogP contribution >= 0.6 is 11.8 Å². The number of pyridine rings is 1. The van der Waals surface area contributed by atoms with E-state index in [0.717, 1.165) is 48.9 Å². The maximum absolute atomic E-state index is 12.7. The molecule has 2 aromatic heterocycles. The minimum atomic E-state index is 0.184. The van der Waals surface area contributed by atoms with Gasteiger partial charge in [-0.25, -0.2) is 4.98 Å². The van der Waals surface area contributed by atoms with Gasteiger partial charge >= 0.3 is 0 Å². The summed E-state index contributed by atoms with van der Waals surface area (Å²) in [4.78, 5) is 25.7. The zero-order valence-corrected chi connectivity index (χ0v) is 16.2. The molecule has 1 fully saturated rings. The van der Waals surface area contributed by atoms with Gasteiger partial charge in [0.1, 0.15) is 0 Å². The predicted octanol–water partition coefficient (Wildman–Crippen LogP) is 2.89. The molecule has 1 amide bonds. The number of piperazine rings is 1. The molecule has 3 heterocycles. The van der Waals surface area contributed by atoms with E-state index in [4.69, 9.17) is 4.98 Å². The maximum Gasteiger partial charge on any atom is 0.233 e. The van der Waals surface area contributed by atoms with E-state index in [2.05, 4.69) is 27.4 Å². The number of carbonyl (C=O) groups is 1. The summed E-state index contributed by atoms with van der Waals surface area (Å²) in [5, 5.41) is 0.919. The van der Waals surface area contributed by atoms with E-state index in [1.807, 2.05) is 47.6 Å². The van der Waals surface area contributed by atoms with E-state index in [1.165, 1.54) is 17.4 Å². The number of benzene rings is 1. The molecule has 1 aromatic carbocycles. The lowest BCUT2D eigenvalue weighted by atomic mass is 10.2. The minimum absolute atomic E-state index is 0.184. The molecule has 0 atom stereocenters. The number of para-hydroxylation sites is 2. The number of nitrogens with zero attached hydrogens (tertiary/aromatic N) is 5. The molecule has 0 N–H and O–H groups in total. The van der Waals surface area contributed by atoms with Crippen LogP contribution in [-0.4, -0.2) is 57.3 Å². The number of carbonyl (C=O) groups excluding carboxylic acids is 1.